The van der Waals surface area contributed by atoms with Crippen molar-refractivity contribution in [3.05, 3.63) is 54.2 Å². The fourth-order valence-electron chi connectivity index (χ4n) is 3.52. The number of nitrogens with zero attached hydrogens (tertiary/aromatic N) is 4. The van der Waals surface area contributed by atoms with Gasteiger partial charge in [0, 0.05) is 57.1 Å². The lowest BCUT2D eigenvalue weighted by Crippen LogP contribution is -2.49. The van der Waals surface area contributed by atoms with Crippen molar-refractivity contribution in [2.45, 2.75) is 33.2 Å². The van der Waals surface area contributed by atoms with Gasteiger partial charge in [-0.3, -0.25) is 4.79 Å². The Hall–Kier alpha value is -2.56. The van der Waals surface area contributed by atoms with E-state index >= 15 is 0 Å². The summed E-state index contributed by atoms with van der Waals surface area (Å²) in [6.07, 6.45) is 2.37. The molecule has 0 saturated carbocycles. The Morgan fingerprint density at radius 2 is 1.78 bits per heavy atom. The van der Waals surface area contributed by atoms with E-state index in [1.54, 1.807) is 0 Å². The summed E-state index contributed by atoms with van der Waals surface area (Å²) in [5.41, 5.74) is 2.44. The molecule has 0 N–H and O–H groups in total. The van der Waals surface area contributed by atoms with Crippen LogP contribution in [-0.4, -0.2) is 54.6 Å². The maximum atomic E-state index is 12.7. The van der Waals surface area contributed by atoms with Gasteiger partial charge in [-0.25, -0.2) is 4.98 Å². The van der Waals surface area contributed by atoms with Crippen LogP contribution in [0.3, 0.4) is 0 Å². The highest BCUT2D eigenvalue weighted by molar-refractivity contribution is 5.77. The van der Waals surface area contributed by atoms with Gasteiger partial charge in [0.1, 0.15) is 5.82 Å². The van der Waals surface area contributed by atoms with Crippen molar-refractivity contribution < 1.29 is 4.79 Å². The van der Waals surface area contributed by atoms with Crippen LogP contribution >= 0.6 is 0 Å². The Morgan fingerprint density at radius 1 is 1.07 bits per heavy atom. The quantitative estimate of drug-likeness (QED) is 0.786. The van der Waals surface area contributed by atoms with E-state index in [2.05, 4.69) is 59.8 Å². The maximum absolute atomic E-state index is 12.7. The number of aryl methyl sites for hydroxylation is 1. The summed E-state index contributed by atoms with van der Waals surface area (Å²) in [6, 6.07) is 14.9. The van der Waals surface area contributed by atoms with Crippen molar-refractivity contribution in [3.63, 3.8) is 0 Å². The summed E-state index contributed by atoms with van der Waals surface area (Å²) < 4.78 is 0. The van der Waals surface area contributed by atoms with Gasteiger partial charge in [-0.15, -0.1) is 0 Å². The van der Waals surface area contributed by atoms with Gasteiger partial charge < -0.3 is 14.7 Å². The molecule has 144 valence electrons. The number of carbonyl (C=O) groups is 1. The fraction of sp³-hybridized carbons (Fsp3) is 0.455. The van der Waals surface area contributed by atoms with Crippen molar-refractivity contribution in [2.24, 2.45) is 0 Å². The first-order chi connectivity index (χ1) is 13.0. The van der Waals surface area contributed by atoms with Crippen LogP contribution in [0.4, 0.5) is 11.5 Å². The second-order valence-corrected chi connectivity index (χ2v) is 7.43. The molecule has 0 spiro atoms. The molecule has 0 aliphatic carbocycles. The molecule has 2 heterocycles. The first-order valence-corrected chi connectivity index (χ1v) is 9.81. The molecule has 5 nitrogen and oxygen atoms in total. The Kier molecular flexibility index (Phi) is 6.32. The molecule has 0 unspecified atom stereocenters. The molecule has 27 heavy (non-hydrogen) atoms. The third-order valence-electron chi connectivity index (χ3n) is 5.16. The number of carbonyl (C=O) groups excluding carboxylic acids is 1. The molecule has 1 saturated heterocycles. The molecule has 2 aromatic rings. The summed E-state index contributed by atoms with van der Waals surface area (Å²) in [6.45, 7) is 10.4. The Morgan fingerprint density at radius 3 is 2.37 bits per heavy atom. The zero-order valence-corrected chi connectivity index (χ0v) is 16.6. The highest BCUT2D eigenvalue weighted by Gasteiger charge is 2.22. The smallest absolute Gasteiger partial charge is 0.224 e. The number of rotatable bonds is 6. The minimum absolute atomic E-state index is 0.244. The van der Waals surface area contributed by atoms with Crippen molar-refractivity contribution in [1.29, 1.82) is 0 Å². The zero-order chi connectivity index (χ0) is 19.2. The number of hydrogen-bond donors (Lipinski definition) is 0. The lowest BCUT2D eigenvalue weighted by Gasteiger charge is -2.36. The van der Waals surface area contributed by atoms with E-state index in [0.717, 1.165) is 38.5 Å². The van der Waals surface area contributed by atoms with Crippen LogP contribution in [-0.2, 0) is 4.79 Å². The second-order valence-electron chi connectivity index (χ2n) is 7.43. The number of pyridine rings is 1. The largest absolute Gasteiger partial charge is 0.369 e. The van der Waals surface area contributed by atoms with Gasteiger partial charge in [-0.2, -0.15) is 0 Å². The first kappa shape index (κ1) is 19.2. The van der Waals surface area contributed by atoms with Gasteiger partial charge >= 0.3 is 0 Å². The minimum Gasteiger partial charge on any atom is -0.369 e. The predicted octanol–water partition coefficient (Wildman–Crippen LogP) is 3.34. The van der Waals surface area contributed by atoms with Crippen molar-refractivity contribution in [3.8, 4) is 0 Å². The maximum Gasteiger partial charge on any atom is 0.224 e. The van der Waals surface area contributed by atoms with Crippen LogP contribution < -0.4 is 9.80 Å². The Labute approximate surface area is 162 Å². The van der Waals surface area contributed by atoms with Gasteiger partial charge in [-0.05, 0) is 45.0 Å². The van der Waals surface area contributed by atoms with Crippen LogP contribution in [0.25, 0.3) is 0 Å². The summed E-state index contributed by atoms with van der Waals surface area (Å²) in [7, 11) is 0. The second kappa shape index (κ2) is 8.89. The SMILES string of the molecule is Cc1ccc(N(CCC(=O)N2CCN(c3ccccn3)CC2)C(C)C)cc1. The van der Waals surface area contributed by atoms with Crippen LogP contribution in [0.5, 0.6) is 0 Å². The van der Waals surface area contributed by atoms with E-state index in [-0.39, 0.29) is 5.91 Å². The van der Waals surface area contributed by atoms with Crippen molar-refractivity contribution in [2.75, 3.05) is 42.5 Å². The van der Waals surface area contributed by atoms with E-state index in [1.807, 2.05) is 29.3 Å². The normalized spacial score (nSPS) is 14.5. The summed E-state index contributed by atoms with van der Waals surface area (Å²) >= 11 is 0. The monoisotopic (exact) mass is 366 g/mol. The Balaban J connectivity index is 1.52. The average Bonchev–Trinajstić information content (AvgIpc) is 2.70. The molecule has 5 heteroatoms. The highest BCUT2D eigenvalue weighted by atomic mass is 16.2. The molecule has 1 aromatic carbocycles. The standard InChI is InChI=1S/C22H30N4O/c1-18(2)26(20-9-7-19(3)8-10-20)13-11-22(27)25-16-14-24(15-17-25)21-6-4-5-12-23-21/h4-10,12,18H,11,13-17H2,1-3H3. The number of hydrogen-bond acceptors (Lipinski definition) is 4. The fourth-order valence-corrected chi connectivity index (χ4v) is 3.52. The first-order valence-electron chi connectivity index (χ1n) is 9.81. The Bertz CT molecular complexity index is 722. The van der Waals surface area contributed by atoms with E-state index in [1.165, 1.54) is 11.3 Å². The molecular formula is C22H30N4O. The highest BCUT2D eigenvalue weighted by Crippen LogP contribution is 2.19. The van der Waals surface area contributed by atoms with Crippen molar-refractivity contribution >= 4 is 17.4 Å². The molecule has 1 amide bonds. The number of amides is 1. The predicted molar refractivity (Wildman–Crippen MR) is 111 cm³/mol. The van der Waals surface area contributed by atoms with Gasteiger partial charge in [0.05, 0.1) is 0 Å². The van der Waals surface area contributed by atoms with Crippen LogP contribution in [0.15, 0.2) is 48.7 Å². The molecule has 3 rings (SSSR count). The van der Waals surface area contributed by atoms with Crippen LogP contribution in [0, 0.1) is 6.92 Å². The van der Waals surface area contributed by atoms with E-state index in [0.29, 0.717) is 12.5 Å². The third kappa shape index (κ3) is 5.00. The molecule has 0 atom stereocenters. The summed E-state index contributed by atoms with van der Waals surface area (Å²) in [5.74, 6) is 1.24. The molecule has 1 aliphatic heterocycles. The summed E-state index contributed by atoms with van der Waals surface area (Å²) in [4.78, 5) is 23.7. The average molecular weight is 367 g/mol. The zero-order valence-electron chi connectivity index (χ0n) is 16.6. The molecule has 0 radical (unpaired) electrons. The van der Waals surface area contributed by atoms with Crippen LogP contribution in [0.1, 0.15) is 25.8 Å². The lowest BCUT2D eigenvalue weighted by atomic mass is 10.1. The minimum atomic E-state index is 0.244. The molecule has 1 fully saturated rings. The van der Waals surface area contributed by atoms with Gasteiger partial charge in [-0.1, -0.05) is 23.8 Å². The molecular weight excluding hydrogens is 336 g/mol. The molecule has 1 aromatic heterocycles. The number of anilines is 2. The van der Waals surface area contributed by atoms with E-state index in [4.69, 9.17) is 0 Å². The van der Waals surface area contributed by atoms with Crippen LogP contribution in [0.2, 0.25) is 0 Å². The van der Waals surface area contributed by atoms with Gasteiger partial charge in [0.15, 0.2) is 0 Å². The van der Waals surface area contributed by atoms with Crippen molar-refractivity contribution in [1.82, 2.24) is 9.88 Å². The van der Waals surface area contributed by atoms with E-state index in [9.17, 15) is 4.79 Å². The topological polar surface area (TPSA) is 39.7 Å². The van der Waals surface area contributed by atoms with Gasteiger partial charge in [0.2, 0.25) is 5.91 Å². The molecule has 0 bridgehead atoms. The third-order valence-corrected chi connectivity index (χ3v) is 5.16. The lowest BCUT2D eigenvalue weighted by molar-refractivity contribution is -0.131. The summed E-state index contributed by atoms with van der Waals surface area (Å²) in [5, 5.41) is 0. The van der Waals surface area contributed by atoms with E-state index < -0.39 is 0 Å². The van der Waals surface area contributed by atoms with Gasteiger partial charge in [0.25, 0.3) is 0 Å². The number of piperazine rings is 1. The number of aromatic nitrogens is 1. The number of benzene rings is 1. The molecule has 1 aliphatic rings.